The summed E-state index contributed by atoms with van der Waals surface area (Å²) in [6.45, 7) is 0. The van der Waals surface area contributed by atoms with Crippen LogP contribution in [-0.4, -0.2) is 14.9 Å². The molecule has 0 aliphatic rings. The highest BCUT2D eigenvalue weighted by molar-refractivity contribution is 6.29. The molecule has 0 aliphatic carbocycles. The minimum absolute atomic E-state index is 0.0337. The van der Waals surface area contributed by atoms with E-state index in [1.807, 2.05) is 0 Å². The number of anilines is 2. The van der Waals surface area contributed by atoms with Crippen LogP contribution in [0.2, 0.25) is 5.15 Å². The fourth-order valence-electron chi connectivity index (χ4n) is 2.14. The van der Waals surface area contributed by atoms with Gasteiger partial charge in [0.25, 0.3) is 5.69 Å². The van der Waals surface area contributed by atoms with Gasteiger partial charge in [-0.25, -0.2) is 18.7 Å². The highest BCUT2D eigenvalue weighted by Crippen LogP contribution is 2.29. The molecule has 3 rings (SSSR count). The molecule has 9 heteroatoms. The molecule has 0 atom stereocenters. The predicted octanol–water partition coefficient (Wildman–Crippen LogP) is 4.73. The highest BCUT2D eigenvalue weighted by atomic mass is 35.5. The van der Waals surface area contributed by atoms with E-state index in [-0.39, 0.29) is 22.5 Å². The lowest BCUT2D eigenvalue weighted by Crippen LogP contribution is -2.01. The number of nitro groups is 1. The van der Waals surface area contributed by atoms with E-state index in [9.17, 15) is 18.9 Å². The van der Waals surface area contributed by atoms with Crippen LogP contribution in [0.4, 0.5) is 26.0 Å². The van der Waals surface area contributed by atoms with Gasteiger partial charge in [0.05, 0.1) is 11.0 Å². The molecule has 1 aromatic heterocycles. The lowest BCUT2D eigenvalue weighted by atomic mass is 10.2. The fourth-order valence-corrected chi connectivity index (χ4v) is 2.32. The van der Waals surface area contributed by atoms with Crippen molar-refractivity contribution >= 4 is 28.8 Å². The highest BCUT2D eigenvalue weighted by Gasteiger charge is 2.16. The SMILES string of the molecule is O=[N+]([O-])c1cc(F)ccc1Nc1cc(Cl)nc(-c2cccc(F)c2)n1. The second-order valence-corrected chi connectivity index (χ2v) is 5.34. The van der Waals surface area contributed by atoms with Gasteiger partial charge in [0.1, 0.15) is 28.3 Å². The third-order valence-corrected chi connectivity index (χ3v) is 3.39. The standard InChI is InChI=1S/C16H9ClF2N4O2/c17-14-8-15(20-12-5-4-11(19)7-13(12)23(24)25)22-16(21-14)9-2-1-3-10(18)6-9/h1-8H,(H,20,21,22). The van der Waals surface area contributed by atoms with Crippen molar-refractivity contribution in [2.75, 3.05) is 5.32 Å². The van der Waals surface area contributed by atoms with Crippen LogP contribution in [0.1, 0.15) is 0 Å². The van der Waals surface area contributed by atoms with Gasteiger partial charge in [0.2, 0.25) is 0 Å². The van der Waals surface area contributed by atoms with Gasteiger partial charge in [-0.1, -0.05) is 23.7 Å². The Hall–Kier alpha value is -3.13. The zero-order valence-electron chi connectivity index (χ0n) is 12.4. The van der Waals surface area contributed by atoms with E-state index < -0.39 is 22.2 Å². The number of hydrogen-bond acceptors (Lipinski definition) is 5. The number of benzene rings is 2. The van der Waals surface area contributed by atoms with Gasteiger partial charge in [-0.2, -0.15) is 0 Å². The quantitative estimate of drug-likeness (QED) is 0.412. The second-order valence-electron chi connectivity index (χ2n) is 4.95. The molecule has 0 saturated carbocycles. The second kappa shape index (κ2) is 6.78. The number of nitrogens with one attached hydrogen (secondary N) is 1. The zero-order chi connectivity index (χ0) is 18.0. The Kier molecular flexibility index (Phi) is 4.53. The summed E-state index contributed by atoms with van der Waals surface area (Å²) in [7, 11) is 0. The van der Waals surface area contributed by atoms with Gasteiger partial charge in [-0.3, -0.25) is 10.1 Å². The molecule has 126 valence electrons. The molecule has 0 bridgehead atoms. The zero-order valence-corrected chi connectivity index (χ0v) is 13.2. The number of nitro benzene ring substituents is 1. The van der Waals surface area contributed by atoms with E-state index in [2.05, 4.69) is 15.3 Å². The lowest BCUT2D eigenvalue weighted by molar-refractivity contribution is -0.384. The molecule has 1 N–H and O–H groups in total. The normalized spacial score (nSPS) is 10.5. The first-order chi connectivity index (χ1) is 11.9. The number of aromatic nitrogens is 2. The van der Waals surface area contributed by atoms with Crippen LogP contribution in [0, 0.1) is 21.7 Å². The van der Waals surface area contributed by atoms with E-state index in [0.717, 1.165) is 12.1 Å². The molecular weight excluding hydrogens is 354 g/mol. The van der Waals surface area contributed by atoms with Gasteiger partial charge in [-0.15, -0.1) is 0 Å². The number of rotatable bonds is 4. The third-order valence-electron chi connectivity index (χ3n) is 3.20. The minimum atomic E-state index is -0.738. The maximum absolute atomic E-state index is 13.4. The monoisotopic (exact) mass is 362 g/mol. The molecule has 0 saturated heterocycles. The summed E-state index contributed by atoms with van der Waals surface area (Å²) >= 11 is 5.95. The number of hydrogen-bond donors (Lipinski definition) is 1. The van der Waals surface area contributed by atoms with Crippen molar-refractivity contribution in [3.8, 4) is 11.4 Å². The first-order valence-electron chi connectivity index (χ1n) is 6.94. The largest absolute Gasteiger partial charge is 0.334 e. The van der Waals surface area contributed by atoms with Gasteiger partial charge in [0.15, 0.2) is 5.82 Å². The molecule has 1 heterocycles. The van der Waals surface area contributed by atoms with Crippen LogP contribution in [0.5, 0.6) is 0 Å². The van der Waals surface area contributed by atoms with Crippen LogP contribution in [0.25, 0.3) is 11.4 Å². The summed E-state index contributed by atoms with van der Waals surface area (Å²) in [6, 6.07) is 10.0. The van der Waals surface area contributed by atoms with Crippen LogP contribution >= 0.6 is 11.6 Å². The summed E-state index contributed by atoms with van der Waals surface area (Å²) < 4.78 is 26.6. The van der Waals surface area contributed by atoms with Crippen molar-refractivity contribution in [2.45, 2.75) is 0 Å². The average Bonchev–Trinajstić information content (AvgIpc) is 2.56. The molecule has 0 radical (unpaired) electrons. The molecule has 3 aromatic rings. The van der Waals surface area contributed by atoms with E-state index in [0.29, 0.717) is 5.56 Å². The predicted molar refractivity (Wildman–Crippen MR) is 88.8 cm³/mol. The molecule has 0 unspecified atom stereocenters. The van der Waals surface area contributed by atoms with Crippen LogP contribution < -0.4 is 5.32 Å². The van der Waals surface area contributed by atoms with Crippen molar-refractivity contribution in [3.63, 3.8) is 0 Å². The molecule has 25 heavy (non-hydrogen) atoms. The summed E-state index contributed by atoms with van der Waals surface area (Å²) in [5, 5.41) is 13.8. The Labute approximate surface area is 145 Å². The van der Waals surface area contributed by atoms with Crippen LogP contribution in [0.15, 0.2) is 48.5 Å². The van der Waals surface area contributed by atoms with Crippen molar-refractivity contribution in [2.24, 2.45) is 0 Å². The van der Waals surface area contributed by atoms with Gasteiger partial charge >= 0.3 is 0 Å². The van der Waals surface area contributed by atoms with Crippen LogP contribution in [0.3, 0.4) is 0 Å². The van der Waals surface area contributed by atoms with E-state index >= 15 is 0 Å². The summed E-state index contributed by atoms with van der Waals surface area (Å²) in [5.41, 5.74) is -0.0347. The Bertz CT molecular complexity index is 969. The van der Waals surface area contributed by atoms with E-state index in [4.69, 9.17) is 11.6 Å². The van der Waals surface area contributed by atoms with Gasteiger partial charge in [-0.05, 0) is 24.3 Å². The van der Waals surface area contributed by atoms with Crippen molar-refractivity contribution in [3.05, 3.63) is 75.4 Å². The maximum Gasteiger partial charge on any atom is 0.295 e. The first-order valence-corrected chi connectivity index (χ1v) is 7.31. The minimum Gasteiger partial charge on any atom is -0.334 e. The molecular formula is C16H9ClF2N4O2. The summed E-state index contributed by atoms with van der Waals surface area (Å²) in [5.74, 6) is -0.920. The number of nitrogens with zero attached hydrogens (tertiary/aromatic N) is 3. The van der Waals surface area contributed by atoms with Crippen LogP contribution in [-0.2, 0) is 0 Å². The fraction of sp³-hybridized carbons (Fsp3) is 0. The average molecular weight is 363 g/mol. The topological polar surface area (TPSA) is 81.0 Å². The van der Waals surface area contributed by atoms with E-state index in [1.165, 1.54) is 30.3 Å². The smallest absolute Gasteiger partial charge is 0.295 e. The Morgan fingerprint density at radius 3 is 2.52 bits per heavy atom. The van der Waals surface area contributed by atoms with Crippen molar-refractivity contribution in [1.29, 1.82) is 0 Å². The van der Waals surface area contributed by atoms with Crippen molar-refractivity contribution in [1.82, 2.24) is 9.97 Å². The van der Waals surface area contributed by atoms with Gasteiger partial charge in [0, 0.05) is 11.6 Å². The first kappa shape index (κ1) is 16.7. The summed E-state index contributed by atoms with van der Waals surface area (Å²) in [4.78, 5) is 18.5. The molecule has 6 nitrogen and oxygen atoms in total. The Morgan fingerprint density at radius 2 is 1.80 bits per heavy atom. The number of halogens is 3. The van der Waals surface area contributed by atoms with Gasteiger partial charge < -0.3 is 5.32 Å². The Morgan fingerprint density at radius 1 is 1.04 bits per heavy atom. The van der Waals surface area contributed by atoms with E-state index in [1.54, 1.807) is 6.07 Å². The molecule has 2 aromatic carbocycles. The summed E-state index contributed by atoms with van der Waals surface area (Å²) in [6.07, 6.45) is 0. The van der Waals surface area contributed by atoms with Crippen molar-refractivity contribution < 1.29 is 13.7 Å². The molecule has 0 aliphatic heterocycles. The maximum atomic E-state index is 13.4. The molecule has 0 fully saturated rings. The Balaban J connectivity index is 2.01. The molecule has 0 amide bonds. The lowest BCUT2D eigenvalue weighted by Gasteiger charge is -2.09. The third kappa shape index (κ3) is 3.86. The molecule has 0 spiro atoms.